The first-order valence-electron chi connectivity index (χ1n) is 16.9. The molecule has 3 saturated carbocycles. The highest BCUT2D eigenvalue weighted by molar-refractivity contribution is 5.99. The summed E-state index contributed by atoms with van der Waals surface area (Å²) in [5, 5.41) is 9.41. The minimum Gasteiger partial charge on any atom is -0.326 e. The number of carbonyl (C=O) groups excluding carboxylic acids is 3. The second kappa shape index (κ2) is 13.9. The number of nitrogens with one attached hydrogen (secondary N) is 3. The average Bonchev–Trinajstić information content (AvgIpc) is 3.22. The van der Waals surface area contributed by atoms with Gasteiger partial charge in [-0.15, -0.1) is 0 Å². The van der Waals surface area contributed by atoms with Crippen LogP contribution in [0, 0.1) is 40.4 Å². The molecule has 0 heterocycles. The van der Waals surface area contributed by atoms with Crippen molar-refractivity contribution in [3.05, 3.63) is 18.2 Å². The Bertz CT molecular complexity index is 1010. The monoisotopic (exact) mass is 579 g/mol. The smallest absolute Gasteiger partial charge is 0.227 e. The topological polar surface area (TPSA) is 87.3 Å². The third-order valence-corrected chi connectivity index (χ3v) is 10.6. The number of amides is 3. The molecule has 4 rings (SSSR count). The molecule has 0 unspecified atom stereocenters. The molecular weight excluding hydrogens is 522 g/mol. The zero-order valence-electron chi connectivity index (χ0n) is 27.2. The molecule has 1 aromatic rings. The molecule has 0 atom stereocenters. The summed E-state index contributed by atoms with van der Waals surface area (Å²) in [6, 6.07) is 5.54. The van der Waals surface area contributed by atoms with Crippen molar-refractivity contribution in [2.24, 2.45) is 40.4 Å². The second-order valence-corrected chi connectivity index (χ2v) is 15.8. The molecule has 0 spiro atoms. The van der Waals surface area contributed by atoms with Crippen LogP contribution in [0.5, 0.6) is 0 Å². The first kappa shape index (κ1) is 32.5. The molecule has 0 saturated heterocycles. The second-order valence-electron chi connectivity index (χ2n) is 15.8. The van der Waals surface area contributed by atoms with E-state index in [1.54, 1.807) is 0 Å². The van der Waals surface area contributed by atoms with Gasteiger partial charge in [0.25, 0.3) is 0 Å². The van der Waals surface area contributed by atoms with Crippen LogP contribution in [0.15, 0.2) is 18.2 Å². The maximum atomic E-state index is 13.3. The SMILES string of the molecule is CC(C)(C)[C@H]1CC[C@@H](C(=O)Nc2cc(NC(=O)C3CCCCCC3)cc(NC(=O)[C@H]3CC[C@@H](C(C)(C)C)CC3)c2)CC1. The van der Waals surface area contributed by atoms with E-state index in [9.17, 15) is 14.4 Å². The Kier molecular flexibility index (Phi) is 10.8. The van der Waals surface area contributed by atoms with Gasteiger partial charge in [0.05, 0.1) is 0 Å². The van der Waals surface area contributed by atoms with Crippen molar-refractivity contribution >= 4 is 34.8 Å². The van der Waals surface area contributed by atoms with Crippen LogP contribution in [0.2, 0.25) is 0 Å². The molecule has 0 radical (unpaired) electrons. The van der Waals surface area contributed by atoms with E-state index in [0.717, 1.165) is 77.0 Å². The van der Waals surface area contributed by atoms with Gasteiger partial charge in [-0.2, -0.15) is 0 Å². The summed E-state index contributed by atoms with van der Waals surface area (Å²) in [5.74, 6) is 1.39. The lowest BCUT2D eigenvalue weighted by Gasteiger charge is -2.36. The summed E-state index contributed by atoms with van der Waals surface area (Å²) in [5.41, 5.74) is 2.42. The Hall–Kier alpha value is -2.37. The van der Waals surface area contributed by atoms with E-state index in [1.807, 2.05) is 18.2 Å². The Labute approximate surface area is 254 Å². The van der Waals surface area contributed by atoms with Gasteiger partial charge in [-0.05, 0) is 105 Å². The quantitative estimate of drug-likeness (QED) is 0.294. The lowest BCUT2D eigenvalue weighted by Crippen LogP contribution is -2.32. The third-order valence-electron chi connectivity index (χ3n) is 10.6. The van der Waals surface area contributed by atoms with E-state index in [0.29, 0.717) is 28.9 Å². The van der Waals surface area contributed by atoms with Crippen molar-refractivity contribution in [1.29, 1.82) is 0 Å². The van der Waals surface area contributed by atoms with Crippen molar-refractivity contribution < 1.29 is 14.4 Å². The van der Waals surface area contributed by atoms with Gasteiger partial charge < -0.3 is 16.0 Å². The van der Waals surface area contributed by atoms with Gasteiger partial charge in [-0.25, -0.2) is 0 Å². The maximum absolute atomic E-state index is 13.3. The van der Waals surface area contributed by atoms with Gasteiger partial charge in [0.15, 0.2) is 0 Å². The zero-order valence-corrected chi connectivity index (χ0v) is 27.2. The fraction of sp³-hybridized carbons (Fsp3) is 0.750. The molecule has 3 N–H and O–H groups in total. The number of rotatable bonds is 6. The molecule has 3 aliphatic carbocycles. The summed E-state index contributed by atoms with van der Waals surface area (Å²) in [6.07, 6.45) is 14.2. The van der Waals surface area contributed by atoms with Gasteiger partial charge in [0.2, 0.25) is 17.7 Å². The van der Waals surface area contributed by atoms with Gasteiger partial charge in [0, 0.05) is 34.8 Å². The molecule has 6 heteroatoms. The van der Waals surface area contributed by atoms with Crippen molar-refractivity contribution in [2.45, 2.75) is 131 Å². The Morgan fingerprint density at radius 3 is 1.05 bits per heavy atom. The predicted octanol–water partition coefficient (Wildman–Crippen LogP) is 9.18. The lowest BCUT2D eigenvalue weighted by atomic mass is 9.69. The molecule has 1 aromatic carbocycles. The van der Waals surface area contributed by atoms with Crippen molar-refractivity contribution in [3.8, 4) is 0 Å². The van der Waals surface area contributed by atoms with Crippen LogP contribution < -0.4 is 16.0 Å². The number of anilines is 3. The normalized spacial score (nSPS) is 26.1. The summed E-state index contributed by atoms with van der Waals surface area (Å²) in [7, 11) is 0. The van der Waals surface area contributed by atoms with E-state index in [-0.39, 0.29) is 46.3 Å². The van der Waals surface area contributed by atoms with Crippen molar-refractivity contribution in [3.63, 3.8) is 0 Å². The first-order valence-corrected chi connectivity index (χ1v) is 16.9. The highest BCUT2D eigenvalue weighted by atomic mass is 16.2. The maximum Gasteiger partial charge on any atom is 0.227 e. The van der Waals surface area contributed by atoms with E-state index in [2.05, 4.69) is 57.5 Å². The van der Waals surface area contributed by atoms with Crippen LogP contribution in [-0.2, 0) is 14.4 Å². The molecule has 42 heavy (non-hydrogen) atoms. The van der Waals surface area contributed by atoms with E-state index in [4.69, 9.17) is 0 Å². The molecular formula is C36H57N3O3. The summed E-state index contributed by atoms with van der Waals surface area (Å²) >= 11 is 0. The minimum atomic E-state index is -0.0103. The molecule has 3 fully saturated rings. The van der Waals surface area contributed by atoms with Crippen LogP contribution in [0.1, 0.15) is 131 Å². The number of benzene rings is 1. The number of hydrogen-bond donors (Lipinski definition) is 3. The first-order chi connectivity index (χ1) is 19.8. The molecule has 234 valence electrons. The van der Waals surface area contributed by atoms with Gasteiger partial charge >= 0.3 is 0 Å². The molecule has 3 aliphatic rings. The van der Waals surface area contributed by atoms with E-state index < -0.39 is 0 Å². The Morgan fingerprint density at radius 2 is 0.762 bits per heavy atom. The third kappa shape index (κ3) is 9.07. The molecule has 6 nitrogen and oxygen atoms in total. The number of carbonyl (C=O) groups is 3. The highest BCUT2D eigenvalue weighted by Gasteiger charge is 2.34. The molecule has 0 aromatic heterocycles. The fourth-order valence-electron chi connectivity index (χ4n) is 7.56. The fourth-order valence-corrected chi connectivity index (χ4v) is 7.56. The van der Waals surface area contributed by atoms with Crippen LogP contribution in [0.3, 0.4) is 0 Å². The largest absolute Gasteiger partial charge is 0.326 e. The van der Waals surface area contributed by atoms with Gasteiger partial charge in [-0.1, -0.05) is 67.2 Å². The van der Waals surface area contributed by atoms with Gasteiger partial charge in [0.1, 0.15) is 0 Å². The molecule has 0 bridgehead atoms. The van der Waals surface area contributed by atoms with E-state index in [1.165, 1.54) is 12.8 Å². The van der Waals surface area contributed by atoms with Crippen LogP contribution in [0.25, 0.3) is 0 Å². The molecule has 0 aliphatic heterocycles. The summed E-state index contributed by atoms with van der Waals surface area (Å²) in [4.78, 5) is 39.9. The van der Waals surface area contributed by atoms with Gasteiger partial charge in [-0.3, -0.25) is 14.4 Å². The summed E-state index contributed by atoms with van der Waals surface area (Å²) in [6.45, 7) is 13.7. The zero-order chi connectivity index (χ0) is 30.5. The Balaban J connectivity index is 1.45. The standard InChI is InChI=1S/C36H57N3O3/c1-35(2,3)27-17-13-25(14-18-27)33(41)38-30-21-29(37-32(40)24-11-9-7-8-10-12-24)22-31(23-30)39-34(42)26-15-19-28(20-16-26)36(4,5)6/h21-28H,7-20H2,1-6H3,(H,37,40)(H,38,41)(H,39,42)/t25-,26-,27+,28+. The van der Waals surface area contributed by atoms with Crippen LogP contribution >= 0.6 is 0 Å². The van der Waals surface area contributed by atoms with Crippen molar-refractivity contribution in [2.75, 3.05) is 16.0 Å². The Morgan fingerprint density at radius 1 is 0.476 bits per heavy atom. The minimum absolute atomic E-state index is 0.0103. The van der Waals surface area contributed by atoms with Crippen LogP contribution in [0.4, 0.5) is 17.1 Å². The number of hydrogen-bond acceptors (Lipinski definition) is 3. The molecule has 3 amide bonds. The lowest BCUT2D eigenvalue weighted by molar-refractivity contribution is -0.122. The highest BCUT2D eigenvalue weighted by Crippen LogP contribution is 2.41. The summed E-state index contributed by atoms with van der Waals surface area (Å²) < 4.78 is 0. The predicted molar refractivity (Wildman–Crippen MR) is 173 cm³/mol. The van der Waals surface area contributed by atoms with Crippen LogP contribution in [-0.4, -0.2) is 17.7 Å². The van der Waals surface area contributed by atoms with E-state index >= 15 is 0 Å². The average molecular weight is 580 g/mol. The van der Waals surface area contributed by atoms with Crippen molar-refractivity contribution in [1.82, 2.24) is 0 Å².